The van der Waals surface area contributed by atoms with Gasteiger partial charge in [0, 0.05) is 31.7 Å². The summed E-state index contributed by atoms with van der Waals surface area (Å²) in [5.74, 6) is 1.58. The fourth-order valence-electron chi connectivity index (χ4n) is 1.88. The number of thiophene rings is 1. The molecule has 96 valence electrons. The third kappa shape index (κ3) is 2.47. The number of aromatic amines is 1. The number of hydrogen-bond acceptors (Lipinski definition) is 5. The van der Waals surface area contributed by atoms with Gasteiger partial charge >= 0.3 is 0 Å². The quantitative estimate of drug-likeness (QED) is 0.824. The summed E-state index contributed by atoms with van der Waals surface area (Å²) in [5, 5.41) is 10.6. The second-order valence-corrected chi connectivity index (χ2v) is 7.71. The molecule has 0 bridgehead atoms. The normalized spacial score (nSPS) is 16.2. The first-order chi connectivity index (χ1) is 8.74. The van der Waals surface area contributed by atoms with E-state index in [1.165, 1.54) is 0 Å². The largest absolute Gasteiger partial charge is 0.337 e. The third-order valence-corrected chi connectivity index (χ3v) is 5.12. The molecule has 3 heterocycles. The molecule has 0 aliphatic carbocycles. The van der Waals surface area contributed by atoms with Gasteiger partial charge in [-0.25, -0.2) is 0 Å². The highest BCUT2D eigenvalue weighted by atomic mass is 79.9. The number of aromatic nitrogens is 3. The first kappa shape index (κ1) is 12.6. The van der Waals surface area contributed by atoms with E-state index in [4.69, 9.17) is 0 Å². The molecule has 1 saturated heterocycles. The first-order valence-electron chi connectivity index (χ1n) is 5.57. The topological polar surface area (TPSA) is 56.8 Å². The Balaban J connectivity index is 1.86. The number of hydrogen-bond donors (Lipinski definition) is 2. The summed E-state index contributed by atoms with van der Waals surface area (Å²) in [6.45, 7) is 3.87. The van der Waals surface area contributed by atoms with Crippen molar-refractivity contribution in [1.82, 2.24) is 20.5 Å². The Labute approximate surface area is 125 Å². The molecular weight excluding hydrogens is 382 g/mol. The van der Waals surface area contributed by atoms with Crippen molar-refractivity contribution in [2.75, 3.05) is 31.1 Å². The van der Waals surface area contributed by atoms with Crippen molar-refractivity contribution in [3.8, 4) is 11.4 Å². The zero-order valence-corrected chi connectivity index (χ0v) is 13.4. The SMILES string of the molecule is Brc1cc(-c2nc(N3CCNCC3)n[nH]2)c(Br)s1. The molecule has 0 saturated carbocycles. The summed E-state index contributed by atoms with van der Waals surface area (Å²) in [5.41, 5.74) is 1.04. The average Bonchev–Trinajstić information content (AvgIpc) is 2.97. The Hall–Kier alpha value is -0.440. The summed E-state index contributed by atoms with van der Waals surface area (Å²) in [6.07, 6.45) is 0. The Morgan fingerprint density at radius 1 is 1.28 bits per heavy atom. The van der Waals surface area contributed by atoms with Gasteiger partial charge in [-0.3, -0.25) is 5.10 Å². The van der Waals surface area contributed by atoms with Crippen molar-refractivity contribution >= 4 is 49.1 Å². The summed E-state index contributed by atoms with van der Waals surface area (Å²) in [4.78, 5) is 6.75. The van der Waals surface area contributed by atoms with Crippen LogP contribution in [-0.4, -0.2) is 41.4 Å². The maximum atomic E-state index is 4.57. The lowest BCUT2D eigenvalue weighted by Gasteiger charge is -2.25. The van der Waals surface area contributed by atoms with Crippen LogP contribution < -0.4 is 10.2 Å². The van der Waals surface area contributed by atoms with Gasteiger partial charge in [0.25, 0.3) is 0 Å². The molecule has 1 aliphatic rings. The van der Waals surface area contributed by atoms with E-state index in [0.29, 0.717) is 0 Å². The highest BCUT2D eigenvalue weighted by Gasteiger charge is 2.17. The molecule has 0 aromatic carbocycles. The van der Waals surface area contributed by atoms with Crippen LogP contribution >= 0.6 is 43.2 Å². The van der Waals surface area contributed by atoms with Crippen LogP contribution in [0.25, 0.3) is 11.4 Å². The molecular formula is C10H11Br2N5S. The average molecular weight is 393 g/mol. The van der Waals surface area contributed by atoms with Crippen molar-refractivity contribution in [3.05, 3.63) is 13.6 Å². The minimum absolute atomic E-state index is 0.778. The minimum atomic E-state index is 0.778. The molecule has 2 aromatic rings. The molecule has 0 atom stereocenters. The van der Waals surface area contributed by atoms with E-state index in [0.717, 1.165) is 51.1 Å². The van der Waals surface area contributed by atoms with Crippen LogP contribution in [0.5, 0.6) is 0 Å². The van der Waals surface area contributed by atoms with Crippen LogP contribution in [0.3, 0.4) is 0 Å². The number of nitrogens with one attached hydrogen (secondary N) is 2. The predicted molar refractivity (Wildman–Crippen MR) is 80.2 cm³/mol. The smallest absolute Gasteiger partial charge is 0.245 e. The predicted octanol–water partition coefficient (Wildman–Crippen LogP) is 2.47. The fraction of sp³-hybridized carbons (Fsp3) is 0.400. The second kappa shape index (κ2) is 5.28. The molecule has 1 aliphatic heterocycles. The number of piperazine rings is 1. The lowest BCUT2D eigenvalue weighted by molar-refractivity contribution is 0.580. The lowest BCUT2D eigenvalue weighted by Crippen LogP contribution is -2.44. The monoisotopic (exact) mass is 391 g/mol. The van der Waals surface area contributed by atoms with Crippen LogP contribution in [-0.2, 0) is 0 Å². The number of halogens is 2. The van der Waals surface area contributed by atoms with Crippen molar-refractivity contribution in [2.24, 2.45) is 0 Å². The zero-order valence-electron chi connectivity index (χ0n) is 9.41. The Morgan fingerprint density at radius 3 is 2.72 bits per heavy atom. The molecule has 0 unspecified atom stereocenters. The summed E-state index contributed by atoms with van der Waals surface area (Å²) >= 11 is 8.64. The molecule has 0 amide bonds. The van der Waals surface area contributed by atoms with Crippen molar-refractivity contribution in [1.29, 1.82) is 0 Å². The van der Waals surface area contributed by atoms with Gasteiger partial charge in [-0.1, -0.05) is 0 Å². The molecule has 5 nitrogen and oxygen atoms in total. The number of nitrogens with zero attached hydrogens (tertiary/aromatic N) is 3. The van der Waals surface area contributed by atoms with Crippen LogP contribution in [0.2, 0.25) is 0 Å². The summed E-state index contributed by atoms with van der Waals surface area (Å²) in [6, 6.07) is 2.04. The van der Waals surface area contributed by atoms with Gasteiger partial charge in [-0.15, -0.1) is 16.4 Å². The van der Waals surface area contributed by atoms with E-state index in [1.807, 2.05) is 6.07 Å². The van der Waals surface area contributed by atoms with Gasteiger partial charge in [0.15, 0.2) is 5.82 Å². The van der Waals surface area contributed by atoms with Crippen LogP contribution in [0, 0.1) is 0 Å². The Kier molecular flexibility index (Phi) is 3.69. The maximum absolute atomic E-state index is 4.57. The number of H-pyrrole nitrogens is 1. The molecule has 18 heavy (non-hydrogen) atoms. The summed E-state index contributed by atoms with van der Waals surface area (Å²) in [7, 11) is 0. The Morgan fingerprint density at radius 2 is 2.06 bits per heavy atom. The van der Waals surface area contributed by atoms with E-state index < -0.39 is 0 Å². The van der Waals surface area contributed by atoms with Crippen molar-refractivity contribution < 1.29 is 0 Å². The molecule has 8 heteroatoms. The van der Waals surface area contributed by atoms with E-state index >= 15 is 0 Å². The fourth-order valence-corrected chi connectivity index (χ4v) is 4.69. The molecule has 2 N–H and O–H groups in total. The standard InChI is InChI=1S/C10H11Br2N5S/c11-7-5-6(8(12)18-7)9-14-10(16-15-9)17-3-1-13-2-4-17/h5,13H,1-4H2,(H,14,15,16). The van der Waals surface area contributed by atoms with Gasteiger partial charge in [0.05, 0.1) is 7.57 Å². The Bertz CT molecular complexity index is 546. The summed E-state index contributed by atoms with van der Waals surface area (Å²) < 4.78 is 2.13. The third-order valence-electron chi connectivity index (χ3n) is 2.79. The van der Waals surface area contributed by atoms with Gasteiger partial charge in [-0.05, 0) is 37.9 Å². The van der Waals surface area contributed by atoms with Gasteiger partial charge < -0.3 is 10.2 Å². The van der Waals surface area contributed by atoms with E-state index in [-0.39, 0.29) is 0 Å². The molecule has 0 radical (unpaired) electrons. The zero-order chi connectivity index (χ0) is 12.5. The van der Waals surface area contributed by atoms with E-state index in [2.05, 4.69) is 57.3 Å². The number of rotatable bonds is 2. The lowest BCUT2D eigenvalue weighted by atomic mass is 10.3. The molecule has 3 rings (SSSR count). The van der Waals surface area contributed by atoms with E-state index in [1.54, 1.807) is 11.3 Å². The highest BCUT2D eigenvalue weighted by molar-refractivity contribution is 9.12. The van der Waals surface area contributed by atoms with Crippen LogP contribution in [0.1, 0.15) is 0 Å². The number of anilines is 1. The molecule has 1 fully saturated rings. The van der Waals surface area contributed by atoms with Crippen molar-refractivity contribution in [2.45, 2.75) is 0 Å². The van der Waals surface area contributed by atoms with Crippen LogP contribution in [0.15, 0.2) is 13.6 Å². The minimum Gasteiger partial charge on any atom is -0.337 e. The second-order valence-electron chi connectivity index (χ2n) is 3.96. The van der Waals surface area contributed by atoms with Crippen LogP contribution in [0.4, 0.5) is 5.95 Å². The first-order valence-corrected chi connectivity index (χ1v) is 7.97. The molecule has 2 aromatic heterocycles. The van der Waals surface area contributed by atoms with E-state index in [9.17, 15) is 0 Å². The highest BCUT2D eigenvalue weighted by Crippen LogP contribution is 2.37. The van der Waals surface area contributed by atoms with Crippen molar-refractivity contribution in [3.63, 3.8) is 0 Å². The van der Waals surface area contributed by atoms with Gasteiger partial charge in [-0.2, -0.15) is 4.98 Å². The maximum Gasteiger partial charge on any atom is 0.245 e. The molecule has 0 spiro atoms. The van der Waals surface area contributed by atoms with Gasteiger partial charge in [0.1, 0.15) is 0 Å². The van der Waals surface area contributed by atoms with Gasteiger partial charge in [0.2, 0.25) is 5.95 Å².